The van der Waals surface area contributed by atoms with Gasteiger partial charge in [0.2, 0.25) is 0 Å². The number of rotatable bonds is 6. The normalized spacial score (nSPS) is 21.5. The van der Waals surface area contributed by atoms with E-state index >= 15 is 0 Å². The van der Waals surface area contributed by atoms with Gasteiger partial charge in [-0.05, 0) is 46.2 Å². The van der Waals surface area contributed by atoms with Crippen molar-refractivity contribution in [2.45, 2.75) is 57.7 Å². The molecule has 114 valence electrons. The summed E-state index contributed by atoms with van der Waals surface area (Å²) in [5.41, 5.74) is 0.165. The third-order valence-corrected chi connectivity index (χ3v) is 6.63. The second kappa shape index (κ2) is 7.04. The molecule has 0 radical (unpaired) electrons. The molecule has 19 heavy (non-hydrogen) atoms. The van der Waals surface area contributed by atoms with Gasteiger partial charge < -0.3 is 10.2 Å². The van der Waals surface area contributed by atoms with E-state index in [4.69, 9.17) is 0 Å². The molecule has 5 heteroatoms. The zero-order valence-corrected chi connectivity index (χ0v) is 13.7. The van der Waals surface area contributed by atoms with E-state index in [0.29, 0.717) is 6.54 Å². The number of nitrogens with one attached hydrogen (secondary N) is 1. The summed E-state index contributed by atoms with van der Waals surface area (Å²) in [6.07, 6.45) is 3.29. The van der Waals surface area contributed by atoms with Crippen molar-refractivity contribution in [3.8, 4) is 0 Å². The molecule has 0 atom stereocenters. The maximum absolute atomic E-state index is 11.9. The van der Waals surface area contributed by atoms with E-state index in [1.54, 1.807) is 13.8 Å². The first-order valence-corrected chi connectivity index (χ1v) is 9.25. The van der Waals surface area contributed by atoms with Crippen LogP contribution < -0.4 is 5.32 Å². The summed E-state index contributed by atoms with van der Waals surface area (Å²) >= 11 is 0. The fourth-order valence-corrected chi connectivity index (χ4v) is 3.61. The van der Waals surface area contributed by atoms with Gasteiger partial charge in [-0.25, -0.2) is 8.42 Å². The molecular formula is C14H30N2O2S. The van der Waals surface area contributed by atoms with Crippen molar-refractivity contribution in [1.82, 2.24) is 10.2 Å². The van der Waals surface area contributed by atoms with Crippen molar-refractivity contribution >= 4 is 9.84 Å². The minimum absolute atomic E-state index is 0.165. The molecule has 0 aliphatic carbocycles. The van der Waals surface area contributed by atoms with E-state index in [1.807, 2.05) is 0 Å². The lowest BCUT2D eigenvalue weighted by molar-refractivity contribution is 0.205. The molecule has 0 saturated carbocycles. The highest BCUT2D eigenvalue weighted by atomic mass is 32.2. The molecule has 4 nitrogen and oxygen atoms in total. The average molecular weight is 290 g/mol. The maximum Gasteiger partial charge on any atom is 0.153 e. The van der Waals surface area contributed by atoms with Crippen LogP contribution in [0.25, 0.3) is 0 Å². The summed E-state index contributed by atoms with van der Waals surface area (Å²) < 4.78 is 23.8. The van der Waals surface area contributed by atoms with Crippen LogP contribution in [-0.2, 0) is 9.84 Å². The van der Waals surface area contributed by atoms with E-state index in [-0.39, 0.29) is 16.5 Å². The minimum Gasteiger partial charge on any atom is -0.310 e. The Kier molecular flexibility index (Phi) is 6.27. The second-order valence-electron chi connectivity index (χ2n) is 5.96. The predicted octanol–water partition coefficient (Wildman–Crippen LogP) is 1.66. The van der Waals surface area contributed by atoms with E-state index in [1.165, 1.54) is 0 Å². The highest BCUT2D eigenvalue weighted by Gasteiger charge is 2.30. The summed E-state index contributed by atoms with van der Waals surface area (Å²) in [5, 5.41) is 3.39. The summed E-state index contributed by atoms with van der Waals surface area (Å²) in [6.45, 7) is 11.6. The van der Waals surface area contributed by atoms with Gasteiger partial charge in [0.05, 0.1) is 11.0 Å². The van der Waals surface area contributed by atoms with Crippen LogP contribution in [0, 0.1) is 0 Å². The standard InChI is InChI=1S/C14H30N2O2S/c1-5-14(6-2)12-16(9-7-8-15-14)10-11-19(17,18)13(3)4/h13,15H,5-12H2,1-4H3. The highest BCUT2D eigenvalue weighted by Crippen LogP contribution is 2.19. The molecule has 0 aromatic rings. The minimum atomic E-state index is -2.92. The zero-order chi connectivity index (χ0) is 14.5. The zero-order valence-electron chi connectivity index (χ0n) is 12.9. The molecule has 1 saturated heterocycles. The van der Waals surface area contributed by atoms with Crippen molar-refractivity contribution in [2.75, 3.05) is 31.9 Å². The van der Waals surface area contributed by atoms with Gasteiger partial charge in [0.25, 0.3) is 0 Å². The third kappa shape index (κ3) is 4.72. The maximum atomic E-state index is 11.9. The van der Waals surface area contributed by atoms with Gasteiger partial charge >= 0.3 is 0 Å². The number of hydrogen-bond acceptors (Lipinski definition) is 4. The smallest absolute Gasteiger partial charge is 0.153 e. The fraction of sp³-hybridized carbons (Fsp3) is 1.00. The van der Waals surface area contributed by atoms with Gasteiger partial charge in [-0.3, -0.25) is 0 Å². The first kappa shape index (κ1) is 16.9. The molecule has 0 amide bonds. The topological polar surface area (TPSA) is 49.4 Å². The third-order valence-electron chi connectivity index (χ3n) is 4.44. The fourth-order valence-electron chi connectivity index (χ4n) is 2.63. The molecule has 0 aromatic carbocycles. The Balaban J connectivity index is 2.62. The molecule has 0 aromatic heterocycles. The summed E-state index contributed by atoms with van der Waals surface area (Å²) in [6, 6.07) is 0. The monoisotopic (exact) mass is 290 g/mol. The predicted molar refractivity (Wildman–Crippen MR) is 81.3 cm³/mol. The van der Waals surface area contributed by atoms with Crippen LogP contribution >= 0.6 is 0 Å². The van der Waals surface area contributed by atoms with Crippen LogP contribution in [-0.4, -0.2) is 56.0 Å². The first-order chi connectivity index (χ1) is 8.85. The molecule has 0 spiro atoms. The summed E-state index contributed by atoms with van der Waals surface area (Å²) in [7, 11) is -2.92. The van der Waals surface area contributed by atoms with Crippen LogP contribution in [0.15, 0.2) is 0 Å². The Morgan fingerprint density at radius 3 is 2.42 bits per heavy atom. The van der Waals surface area contributed by atoms with Gasteiger partial charge in [0.1, 0.15) is 0 Å². The Morgan fingerprint density at radius 2 is 1.89 bits per heavy atom. The molecule has 1 N–H and O–H groups in total. The van der Waals surface area contributed by atoms with Crippen molar-refractivity contribution in [2.24, 2.45) is 0 Å². The van der Waals surface area contributed by atoms with Gasteiger partial charge in [-0.2, -0.15) is 0 Å². The van der Waals surface area contributed by atoms with Crippen LogP contribution in [0.2, 0.25) is 0 Å². The average Bonchev–Trinajstić information content (AvgIpc) is 2.59. The van der Waals surface area contributed by atoms with Gasteiger partial charge in [-0.1, -0.05) is 13.8 Å². The summed E-state index contributed by atoms with van der Waals surface area (Å²) in [4.78, 5) is 2.33. The quantitative estimate of drug-likeness (QED) is 0.808. The lowest BCUT2D eigenvalue weighted by Gasteiger charge is -2.35. The van der Waals surface area contributed by atoms with E-state index in [2.05, 4.69) is 24.1 Å². The highest BCUT2D eigenvalue weighted by molar-refractivity contribution is 7.92. The number of sulfone groups is 1. The molecule has 1 fully saturated rings. The Hall–Kier alpha value is -0.130. The van der Waals surface area contributed by atoms with Crippen molar-refractivity contribution in [3.05, 3.63) is 0 Å². The van der Waals surface area contributed by atoms with Gasteiger partial charge in [0.15, 0.2) is 9.84 Å². The van der Waals surface area contributed by atoms with Crippen LogP contribution in [0.3, 0.4) is 0 Å². The molecule has 0 bridgehead atoms. The lowest BCUT2D eigenvalue weighted by Crippen LogP contribution is -2.51. The SMILES string of the molecule is CCC1(CC)CN(CCS(=O)(=O)C(C)C)CCCN1. The Labute approximate surface area is 118 Å². The molecule has 1 rings (SSSR count). The van der Waals surface area contributed by atoms with E-state index in [9.17, 15) is 8.42 Å². The van der Waals surface area contributed by atoms with Crippen molar-refractivity contribution < 1.29 is 8.42 Å². The second-order valence-corrected chi connectivity index (χ2v) is 8.64. The Bertz CT molecular complexity index is 362. The van der Waals surface area contributed by atoms with Crippen LogP contribution in [0.1, 0.15) is 47.0 Å². The number of hydrogen-bond donors (Lipinski definition) is 1. The number of nitrogens with zero attached hydrogens (tertiary/aromatic N) is 1. The van der Waals surface area contributed by atoms with Crippen molar-refractivity contribution in [1.29, 1.82) is 0 Å². The van der Waals surface area contributed by atoms with E-state index < -0.39 is 9.84 Å². The molecular weight excluding hydrogens is 260 g/mol. The molecule has 1 heterocycles. The Morgan fingerprint density at radius 1 is 1.26 bits per heavy atom. The summed E-state index contributed by atoms with van der Waals surface area (Å²) in [5.74, 6) is 0.286. The largest absolute Gasteiger partial charge is 0.310 e. The first-order valence-electron chi connectivity index (χ1n) is 7.54. The van der Waals surface area contributed by atoms with Crippen LogP contribution in [0.4, 0.5) is 0 Å². The molecule has 1 aliphatic rings. The van der Waals surface area contributed by atoms with Crippen molar-refractivity contribution in [3.63, 3.8) is 0 Å². The lowest BCUT2D eigenvalue weighted by atomic mass is 9.92. The van der Waals surface area contributed by atoms with Crippen LogP contribution in [0.5, 0.6) is 0 Å². The molecule has 0 unspecified atom stereocenters. The van der Waals surface area contributed by atoms with E-state index in [0.717, 1.165) is 38.9 Å². The molecule has 1 aliphatic heterocycles. The van der Waals surface area contributed by atoms with Gasteiger partial charge in [0, 0.05) is 18.6 Å². The van der Waals surface area contributed by atoms with Gasteiger partial charge in [-0.15, -0.1) is 0 Å².